The van der Waals surface area contributed by atoms with Crippen LogP contribution in [0.5, 0.6) is 0 Å². The summed E-state index contributed by atoms with van der Waals surface area (Å²) in [5.74, 6) is -2.13. The minimum Gasteiger partial charge on any atom is -0.379 e. The maximum absolute atomic E-state index is 13.9. The van der Waals surface area contributed by atoms with E-state index in [0.29, 0.717) is 11.6 Å². The Morgan fingerprint density at radius 1 is 0.900 bits per heavy atom. The molecular weight excluding hydrogens is 427 g/mol. The van der Waals surface area contributed by atoms with Crippen molar-refractivity contribution in [2.45, 2.75) is 22.9 Å². The zero-order valence-electron chi connectivity index (χ0n) is 15.2. The van der Waals surface area contributed by atoms with Gasteiger partial charge < -0.3 is 5.11 Å². The highest BCUT2D eigenvalue weighted by Gasteiger charge is 2.39. The quantitative estimate of drug-likeness (QED) is 0.553. The van der Waals surface area contributed by atoms with Gasteiger partial charge in [-0.05, 0) is 41.0 Å². The van der Waals surface area contributed by atoms with Gasteiger partial charge in [-0.3, -0.25) is 0 Å². The molecule has 30 heavy (non-hydrogen) atoms. The third-order valence-corrected chi connectivity index (χ3v) is 6.09. The SMILES string of the molecule is O=S(=O)(Cc1cccc([C@@H](O)C(F)(F)F)c1)c1ccc(-c2ccc(F)cc2F)cc1. The van der Waals surface area contributed by atoms with Gasteiger partial charge in [-0.25, -0.2) is 17.2 Å². The van der Waals surface area contributed by atoms with Gasteiger partial charge in [0.25, 0.3) is 0 Å². The molecule has 0 spiro atoms. The number of hydrogen-bond acceptors (Lipinski definition) is 3. The minimum atomic E-state index is -4.87. The Balaban J connectivity index is 1.84. The molecule has 158 valence electrons. The van der Waals surface area contributed by atoms with Gasteiger partial charge in [-0.2, -0.15) is 13.2 Å². The van der Waals surface area contributed by atoms with Crippen LogP contribution in [0.15, 0.2) is 71.6 Å². The van der Waals surface area contributed by atoms with Gasteiger partial charge >= 0.3 is 6.18 Å². The highest BCUT2D eigenvalue weighted by Crippen LogP contribution is 2.33. The zero-order valence-corrected chi connectivity index (χ0v) is 16.0. The molecule has 3 rings (SSSR count). The molecule has 0 saturated heterocycles. The molecule has 3 aromatic carbocycles. The molecule has 0 aliphatic carbocycles. The molecule has 0 aliphatic heterocycles. The molecule has 0 radical (unpaired) electrons. The lowest BCUT2D eigenvalue weighted by atomic mass is 10.1. The van der Waals surface area contributed by atoms with Crippen LogP contribution in [-0.4, -0.2) is 19.7 Å². The van der Waals surface area contributed by atoms with Crippen LogP contribution in [0.2, 0.25) is 0 Å². The average Bonchev–Trinajstić information content (AvgIpc) is 2.67. The number of rotatable bonds is 5. The Labute approximate surface area is 169 Å². The molecule has 0 bridgehead atoms. The van der Waals surface area contributed by atoms with Crippen LogP contribution >= 0.6 is 0 Å². The molecule has 0 amide bonds. The standard InChI is InChI=1S/C21H15F5O3S/c22-16-6-9-18(19(23)11-16)14-4-7-17(8-5-14)30(28,29)12-13-2-1-3-15(10-13)20(27)21(24,25)26/h1-11,20,27H,12H2/t20-/m1/s1. The predicted molar refractivity (Wildman–Crippen MR) is 100 cm³/mol. The molecule has 0 aliphatic rings. The van der Waals surface area contributed by atoms with Crippen molar-refractivity contribution in [3.05, 3.63) is 89.5 Å². The first-order valence-electron chi connectivity index (χ1n) is 8.59. The second kappa shape index (κ2) is 8.16. The van der Waals surface area contributed by atoms with Gasteiger partial charge in [-0.1, -0.05) is 36.4 Å². The Morgan fingerprint density at radius 2 is 1.57 bits per heavy atom. The number of aliphatic hydroxyl groups is 1. The number of halogens is 5. The summed E-state index contributed by atoms with van der Waals surface area (Å²) in [7, 11) is -3.92. The fourth-order valence-corrected chi connectivity index (χ4v) is 4.25. The molecule has 3 aromatic rings. The second-order valence-corrected chi connectivity index (χ2v) is 8.59. The summed E-state index contributed by atoms with van der Waals surface area (Å²) in [6.45, 7) is 0. The van der Waals surface area contributed by atoms with E-state index < -0.39 is 45.1 Å². The van der Waals surface area contributed by atoms with Crippen LogP contribution in [-0.2, 0) is 15.6 Å². The summed E-state index contributed by atoms with van der Waals surface area (Å²) >= 11 is 0. The van der Waals surface area contributed by atoms with Gasteiger partial charge in [0.05, 0.1) is 10.6 Å². The van der Waals surface area contributed by atoms with Gasteiger partial charge in [0.2, 0.25) is 0 Å². The van der Waals surface area contributed by atoms with Gasteiger partial charge in [-0.15, -0.1) is 0 Å². The highest BCUT2D eigenvalue weighted by molar-refractivity contribution is 7.90. The monoisotopic (exact) mass is 442 g/mol. The summed E-state index contributed by atoms with van der Waals surface area (Å²) < 4.78 is 90.2. The van der Waals surface area contributed by atoms with Crippen LogP contribution in [0.4, 0.5) is 22.0 Å². The van der Waals surface area contributed by atoms with Crippen molar-refractivity contribution in [2.24, 2.45) is 0 Å². The fourth-order valence-electron chi connectivity index (χ4n) is 2.91. The van der Waals surface area contributed by atoms with Crippen molar-refractivity contribution in [2.75, 3.05) is 0 Å². The van der Waals surface area contributed by atoms with E-state index in [1.165, 1.54) is 42.5 Å². The molecule has 1 atom stereocenters. The molecule has 1 N–H and O–H groups in total. The first-order valence-corrected chi connectivity index (χ1v) is 10.2. The molecule has 0 aromatic heterocycles. The van der Waals surface area contributed by atoms with Gasteiger partial charge in [0, 0.05) is 11.6 Å². The number of hydrogen-bond donors (Lipinski definition) is 1. The molecule has 0 fully saturated rings. The lowest BCUT2D eigenvalue weighted by Gasteiger charge is -2.15. The summed E-state index contributed by atoms with van der Waals surface area (Å²) in [4.78, 5) is -0.115. The summed E-state index contributed by atoms with van der Waals surface area (Å²) in [5, 5.41) is 9.35. The van der Waals surface area contributed by atoms with Crippen LogP contribution in [0, 0.1) is 11.6 Å². The lowest BCUT2D eigenvalue weighted by Crippen LogP contribution is -2.20. The van der Waals surface area contributed by atoms with E-state index in [1.54, 1.807) is 0 Å². The normalized spacial score (nSPS) is 13.3. The first kappa shape index (κ1) is 21.9. The van der Waals surface area contributed by atoms with Crippen molar-refractivity contribution >= 4 is 9.84 Å². The van der Waals surface area contributed by atoms with Crippen LogP contribution in [0.25, 0.3) is 11.1 Å². The molecule has 0 unspecified atom stereocenters. The van der Waals surface area contributed by atoms with Crippen molar-refractivity contribution in [3.8, 4) is 11.1 Å². The van der Waals surface area contributed by atoms with Crippen molar-refractivity contribution in [3.63, 3.8) is 0 Å². The van der Waals surface area contributed by atoms with Crippen LogP contribution in [0.3, 0.4) is 0 Å². The van der Waals surface area contributed by atoms with Crippen LogP contribution in [0.1, 0.15) is 17.2 Å². The number of alkyl halides is 3. The molecule has 9 heteroatoms. The predicted octanol–water partition coefficient (Wildman–Crippen LogP) is 5.20. The third-order valence-electron chi connectivity index (χ3n) is 4.39. The molecule has 3 nitrogen and oxygen atoms in total. The number of aliphatic hydroxyl groups excluding tert-OH is 1. The summed E-state index contributed by atoms with van der Waals surface area (Å²) in [6.07, 6.45) is -7.59. The largest absolute Gasteiger partial charge is 0.418 e. The van der Waals surface area contributed by atoms with Crippen molar-refractivity contribution < 1.29 is 35.5 Å². The third kappa shape index (κ3) is 4.85. The first-order chi connectivity index (χ1) is 14.0. The molecule has 0 heterocycles. The Hall–Kier alpha value is -2.78. The van der Waals surface area contributed by atoms with E-state index in [9.17, 15) is 35.5 Å². The van der Waals surface area contributed by atoms with Gasteiger partial charge in [0.1, 0.15) is 11.6 Å². The number of benzene rings is 3. The summed E-state index contributed by atoms with van der Waals surface area (Å²) in [6, 6.07) is 12.8. The molecule has 0 saturated carbocycles. The fraction of sp³-hybridized carbons (Fsp3) is 0.143. The van der Waals surface area contributed by atoms with E-state index in [2.05, 4.69) is 0 Å². The summed E-state index contributed by atoms with van der Waals surface area (Å²) in [5.41, 5.74) is 0.0396. The Kier molecular flexibility index (Phi) is 5.96. The Morgan fingerprint density at radius 3 is 2.17 bits per heavy atom. The van der Waals surface area contributed by atoms with E-state index in [1.807, 2.05) is 0 Å². The minimum absolute atomic E-state index is 0.0736. The van der Waals surface area contributed by atoms with Crippen molar-refractivity contribution in [1.82, 2.24) is 0 Å². The van der Waals surface area contributed by atoms with Crippen molar-refractivity contribution in [1.29, 1.82) is 0 Å². The second-order valence-electron chi connectivity index (χ2n) is 6.60. The Bertz CT molecular complexity index is 1160. The van der Waals surface area contributed by atoms with Crippen LogP contribution < -0.4 is 0 Å². The molecular formula is C21H15F5O3S. The van der Waals surface area contributed by atoms with E-state index >= 15 is 0 Å². The zero-order chi connectivity index (χ0) is 22.1. The van der Waals surface area contributed by atoms with E-state index in [0.717, 1.165) is 18.2 Å². The highest BCUT2D eigenvalue weighted by atomic mass is 32.2. The van der Waals surface area contributed by atoms with E-state index in [4.69, 9.17) is 0 Å². The maximum atomic E-state index is 13.9. The lowest BCUT2D eigenvalue weighted by molar-refractivity contribution is -0.206. The van der Waals surface area contributed by atoms with Gasteiger partial charge in [0.15, 0.2) is 15.9 Å². The van der Waals surface area contributed by atoms with E-state index in [-0.39, 0.29) is 16.0 Å². The topological polar surface area (TPSA) is 54.4 Å². The maximum Gasteiger partial charge on any atom is 0.418 e. The number of sulfone groups is 1. The average molecular weight is 442 g/mol. The smallest absolute Gasteiger partial charge is 0.379 e.